The Balaban J connectivity index is 2.06. The predicted molar refractivity (Wildman–Crippen MR) is 78.3 cm³/mol. The summed E-state index contributed by atoms with van der Waals surface area (Å²) in [5, 5.41) is 8.18. The quantitative estimate of drug-likeness (QED) is 0.664. The van der Waals surface area contributed by atoms with Crippen molar-refractivity contribution in [3.63, 3.8) is 0 Å². The van der Waals surface area contributed by atoms with E-state index < -0.39 is 0 Å². The van der Waals surface area contributed by atoms with Crippen molar-refractivity contribution in [3.8, 4) is 5.75 Å². The number of rotatable bonds is 4. The third kappa shape index (κ3) is 3.40. The van der Waals surface area contributed by atoms with Gasteiger partial charge in [-0.25, -0.2) is 0 Å². The van der Waals surface area contributed by atoms with Crippen molar-refractivity contribution in [1.82, 2.24) is 0 Å². The van der Waals surface area contributed by atoms with Crippen molar-refractivity contribution in [2.24, 2.45) is 5.73 Å². The number of amidine groups is 1. The maximum absolute atomic E-state index is 7.31. The van der Waals surface area contributed by atoms with E-state index in [1.54, 1.807) is 30.3 Å². The minimum atomic E-state index is 0.0466. The lowest BCUT2D eigenvalue weighted by Gasteiger charge is -2.09. The average molecular weight is 295 g/mol. The van der Waals surface area contributed by atoms with Gasteiger partial charge < -0.3 is 10.5 Å². The van der Waals surface area contributed by atoms with Crippen LogP contribution in [0.3, 0.4) is 0 Å². The highest BCUT2D eigenvalue weighted by Crippen LogP contribution is 2.31. The summed E-state index contributed by atoms with van der Waals surface area (Å²) in [4.78, 5) is 0. The molecule has 0 aliphatic rings. The zero-order chi connectivity index (χ0) is 13.8. The SMILES string of the molecule is N=C(N)c1ccc(COc2cccc(Cl)c2Cl)cc1. The lowest BCUT2D eigenvalue weighted by Crippen LogP contribution is -2.10. The minimum absolute atomic E-state index is 0.0466. The van der Waals surface area contributed by atoms with E-state index in [1.807, 2.05) is 12.1 Å². The number of nitrogens with one attached hydrogen (secondary N) is 1. The van der Waals surface area contributed by atoms with Crippen molar-refractivity contribution in [3.05, 3.63) is 63.6 Å². The Morgan fingerprint density at radius 1 is 1.11 bits per heavy atom. The van der Waals surface area contributed by atoms with Crippen molar-refractivity contribution < 1.29 is 4.74 Å². The first-order valence-corrected chi connectivity index (χ1v) is 6.33. The summed E-state index contributed by atoms with van der Waals surface area (Å²) in [5.74, 6) is 0.593. The van der Waals surface area contributed by atoms with Gasteiger partial charge in [0.2, 0.25) is 0 Å². The van der Waals surface area contributed by atoms with E-state index in [0.717, 1.165) is 5.56 Å². The van der Waals surface area contributed by atoms with E-state index in [0.29, 0.717) is 28.0 Å². The Labute approximate surface area is 121 Å². The van der Waals surface area contributed by atoms with Crippen LogP contribution < -0.4 is 10.5 Å². The standard InChI is InChI=1S/C14H12Cl2N2O/c15-11-2-1-3-12(13(11)16)19-8-9-4-6-10(7-5-9)14(17)18/h1-7H,8H2,(H3,17,18). The number of ether oxygens (including phenoxy) is 1. The highest BCUT2D eigenvalue weighted by atomic mass is 35.5. The molecule has 5 heteroatoms. The molecule has 0 aliphatic heterocycles. The topological polar surface area (TPSA) is 59.1 Å². The number of hydrogen-bond donors (Lipinski definition) is 2. The van der Waals surface area contributed by atoms with E-state index >= 15 is 0 Å². The van der Waals surface area contributed by atoms with E-state index in [9.17, 15) is 0 Å². The van der Waals surface area contributed by atoms with Crippen LogP contribution in [0.1, 0.15) is 11.1 Å². The Morgan fingerprint density at radius 3 is 2.42 bits per heavy atom. The lowest BCUT2D eigenvalue weighted by molar-refractivity contribution is 0.306. The van der Waals surface area contributed by atoms with Gasteiger partial charge in [0.25, 0.3) is 0 Å². The molecule has 3 N–H and O–H groups in total. The molecule has 2 rings (SSSR count). The molecule has 0 bridgehead atoms. The van der Waals surface area contributed by atoms with Gasteiger partial charge in [0.05, 0.1) is 5.02 Å². The predicted octanol–water partition coefficient (Wildman–Crippen LogP) is 3.86. The largest absolute Gasteiger partial charge is 0.487 e. The molecular formula is C14H12Cl2N2O. The molecule has 0 heterocycles. The number of nitrogens with two attached hydrogens (primary N) is 1. The Bertz CT molecular complexity index is 597. The molecule has 3 nitrogen and oxygen atoms in total. The first-order valence-electron chi connectivity index (χ1n) is 5.58. The van der Waals surface area contributed by atoms with Gasteiger partial charge in [-0.15, -0.1) is 0 Å². The molecule has 0 fully saturated rings. The second kappa shape index (κ2) is 5.95. The molecule has 2 aromatic carbocycles. The highest BCUT2D eigenvalue weighted by Gasteiger charge is 2.05. The third-order valence-electron chi connectivity index (χ3n) is 2.58. The van der Waals surface area contributed by atoms with Gasteiger partial charge in [-0.05, 0) is 17.7 Å². The van der Waals surface area contributed by atoms with Gasteiger partial charge in [0, 0.05) is 5.56 Å². The first kappa shape index (κ1) is 13.7. The summed E-state index contributed by atoms with van der Waals surface area (Å²) >= 11 is 11.9. The smallest absolute Gasteiger partial charge is 0.139 e. The van der Waals surface area contributed by atoms with Gasteiger partial charge in [-0.2, -0.15) is 0 Å². The third-order valence-corrected chi connectivity index (χ3v) is 3.38. The summed E-state index contributed by atoms with van der Waals surface area (Å²) in [6.45, 7) is 0.373. The first-order chi connectivity index (χ1) is 9.08. The summed E-state index contributed by atoms with van der Waals surface area (Å²) in [6.07, 6.45) is 0. The van der Waals surface area contributed by atoms with Gasteiger partial charge in [-0.3, -0.25) is 5.41 Å². The van der Waals surface area contributed by atoms with E-state index in [4.69, 9.17) is 39.1 Å². The molecule has 0 aromatic heterocycles. The van der Waals surface area contributed by atoms with Crippen LogP contribution in [0, 0.1) is 5.41 Å². The van der Waals surface area contributed by atoms with Crippen LogP contribution in [-0.4, -0.2) is 5.84 Å². The minimum Gasteiger partial charge on any atom is -0.487 e. The zero-order valence-corrected chi connectivity index (χ0v) is 11.5. The molecule has 0 aliphatic carbocycles. The van der Waals surface area contributed by atoms with Crippen molar-refractivity contribution in [2.75, 3.05) is 0 Å². The fourth-order valence-corrected chi connectivity index (χ4v) is 1.88. The van der Waals surface area contributed by atoms with E-state index in [1.165, 1.54) is 0 Å². The number of hydrogen-bond acceptors (Lipinski definition) is 2. The fraction of sp³-hybridized carbons (Fsp3) is 0.0714. The Hall–Kier alpha value is -1.71. The second-order valence-electron chi connectivity index (χ2n) is 3.95. The Kier molecular flexibility index (Phi) is 4.30. The molecule has 0 unspecified atom stereocenters. The van der Waals surface area contributed by atoms with Gasteiger partial charge in [0.1, 0.15) is 23.2 Å². The van der Waals surface area contributed by atoms with Crippen molar-refractivity contribution in [2.45, 2.75) is 6.61 Å². The molecule has 19 heavy (non-hydrogen) atoms. The van der Waals surface area contributed by atoms with Crippen molar-refractivity contribution >= 4 is 29.0 Å². The fourth-order valence-electron chi connectivity index (χ4n) is 1.54. The number of nitrogen functional groups attached to an aromatic ring is 1. The molecular weight excluding hydrogens is 283 g/mol. The number of halogens is 2. The summed E-state index contributed by atoms with van der Waals surface area (Å²) in [5.41, 5.74) is 7.03. The van der Waals surface area contributed by atoms with Crippen LogP contribution in [0.5, 0.6) is 5.75 Å². The van der Waals surface area contributed by atoms with Crippen LogP contribution in [0.2, 0.25) is 10.0 Å². The van der Waals surface area contributed by atoms with Gasteiger partial charge in [-0.1, -0.05) is 53.5 Å². The monoisotopic (exact) mass is 294 g/mol. The van der Waals surface area contributed by atoms with Gasteiger partial charge in [0.15, 0.2) is 0 Å². The maximum atomic E-state index is 7.31. The molecule has 98 valence electrons. The molecule has 0 saturated heterocycles. The second-order valence-corrected chi connectivity index (χ2v) is 4.74. The average Bonchev–Trinajstić information content (AvgIpc) is 2.41. The van der Waals surface area contributed by atoms with E-state index in [2.05, 4.69) is 0 Å². The number of benzene rings is 2. The summed E-state index contributed by atoms with van der Waals surface area (Å²) < 4.78 is 5.60. The molecule has 2 aromatic rings. The summed E-state index contributed by atoms with van der Waals surface area (Å²) in [7, 11) is 0. The van der Waals surface area contributed by atoms with Crippen LogP contribution in [0.25, 0.3) is 0 Å². The Morgan fingerprint density at radius 2 is 1.79 bits per heavy atom. The normalized spacial score (nSPS) is 10.2. The van der Waals surface area contributed by atoms with Crippen LogP contribution in [-0.2, 0) is 6.61 Å². The van der Waals surface area contributed by atoms with Crippen molar-refractivity contribution in [1.29, 1.82) is 5.41 Å². The van der Waals surface area contributed by atoms with Gasteiger partial charge >= 0.3 is 0 Å². The van der Waals surface area contributed by atoms with Crippen LogP contribution in [0.15, 0.2) is 42.5 Å². The van der Waals surface area contributed by atoms with Crippen LogP contribution >= 0.6 is 23.2 Å². The molecule has 0 spiro atoms. The molecule has 0 atom stereocenters. The maximum Gasteiger partial charge on any atom is 0.139 e. The molecule has 0 radical (unpaired) electrons. The van der Waals surface area contributed by atoms with E-state index in [-0.39, 0.29) is 5.84 Å². The van der Waals surface area contributed by atoms with Crippen LogP contribution in [0.4, 0.5) is 0 Å². The lowest BCUT2D eigenvalue weighted by atomic mass is 10.1. The molecule has 0 saturated carbocycles. The summed E-state index contributed by atoms with van der Waals surface area (Å²) in [6, 6.07) is 12.5. The molecule has 0 amide bonds. The highest BCUT2D eigenvalue weighted by molar-refractivity contribution is 6.42. The zero-order valence-electron chi connectivity index (χ0n) is 9.99.